The molecule has 4 aromatic rings. The molecule has 0 saturated heterocycles. The van der Waals surface area contributed by atoms with Crippen LogP contribution in [-0.4, -0.2) is 9.32 Å². The van der Waals surface area contributed by atoms with Crippen LogP contribution in [0.25, 0.3) is 0 Å². The maximum absolute atomic E-state index is 13.3. The zero-order chi connectivity index (χ0) is 21.0. The van der Waals surface area contributed by atoms with Crippen LogP contribution in [-0.2, 0) is 16.6 Å². The molecule has 2 N–H and O–H groups in total. The van der Waals surface area contributed by atoms with E-state index >= 15 is 0 Å². The Kier molecular flexibility index (Phi) is 6.00. The third kappa shape index (κ3) is 4.03. The molecule has 0 aliphatic heterocycles. The normalized spacial score (nSPS) is 12.3. The summed E-state index contributed by atoms with van der Waals surface area (Å²) >= 11 is 6.33. The lowest BCUT2D eigenvalue weighted by Crippen LogP contribution is -2.31. The van der Waals surface area contributed by atoms with E-state index in [9.17, 15) is 9.32 Å². The summed E-state index contributed by atoms with van der Waals surface area (Å²) < 4.78 is 16.3. The average molecular weight is 434 g/mol. The fraction of sp³-hybridized carbons (Fsp3) is 0.0400. The van der Waals surface area contributed by atoms with Crippen molar-refractivity contribution in [3.05, 3.63) is 131 Å². The Bertz CT molecular complexity index is 1110. The minimum atomic E-state index is -1.62. The van der Waals surface area contributed by atoms with Gasteiger partial charge in [-0.15, -0.1) is 0 Å². The maximum atomic E-state index is 13.3. The molecule has 0 bridgehead atoms. The van der Waals surface area contributed by atoms with Crippen LogP contribution in [0.1, 0.15) is 16.7 Å². The van der Waals surface area contributed by atoms with Crippen molar-refractivity contribution in [1.82, 2.24) is 0 Å². The van der Waals surface area contributed by atoms with Crippen LogP contribution in [0.15, 0.2) is 114 Å². The van der Waals surface area contributed by atoms with Crippen molar-refractivity contribution < 1.29 is 9.32 Å². The summed E-state index contributed by atoms with van der Waals surface area (Å²) in [5, 5.41) is 12.6. The molecule has 1 atom stereocenters. The standard InChI is InChI=1S/C25H20ClNO2S/c26-21-16-17-24(30(29)27-22-14-8-3-9-15-22)23(18-21)25(28,19-10-4-1-5-11-19)20-12-6-2-7-13-20/h1-18,27-28H. The van der Waals surface area contributed by atoms with E-state index < -0.39 is 16.6 Å². The highest BCUT2D eigenvalue weighted by Gasteiger charge is 2.37. The van der Waals surface area contributed by atoms with E-state index in [1.165, 1.54) is 0 Å². The predicted molar refractivity (Wildman–Crippen MR) is 123 cm³/mol. The number of benzene rings is 4. The van der Waals surface area contributed by atoms with E-state index in [0.29, 0.717) is 26.6 Å². The summed E-state index contributed by atoms with van der Waals surface area (Å²) in [6.07, 6.45) is 0. The van der Waals surface area contributed by atoms with Crippen LogP contribution in [0.5, 0.6) is 0 Å². The van der Waals surface area contributed by atoms with Crippen molar-refractivity contribution in [2.24, 2.45) is 0 Å². The summed E-state index contributed by atoms with van der Waals surface area (Å²) in [5.74, 6) is 0. The number of para-hydroxylation sites is 1. The molecule has 4 aromatic carbocycles. The molecule has 0 aromatic heterocycles. The highest BCUT2D eigenvalue weighted by atomic mass is 35.5. The van der Waals surface area contributed by atoms with Crippen LogP contribution in [0.4, 0.5) is 5.69 Å². The van der Waals surface area contributed by atoms with E-state index in [1.807, 2.05) is 91.0 Å². The lowest BCUT2D eigenvalue weighted by molar-refractivity contribution is 0.122. The summed E-state index contributed by atoms with van der Waals surface area (Å²) in [4.78, 5) is 0.457. The van der Waals surface area contributed by atoms with Crippen LogP contribution in [0.3, 0.4) is 0 Å². The zero-order valence-corrected chi connectivity index (χ0v) is 17.6. The molecule has 0 heterocycles. The first-order valence-electron chi connectivity index (χ1n) is 9.46. The molecule has 0 amide bonds. The molecule has 150 valence electrons. The maximum Gasteiger partial charge on any atom is 0.150 e. The van der Waals surface area contributed by atoms with Crippen LogP contribution < -0.4 is 4.72 Å². The Morgan fingerprint density at radius 2 is 1.23 bits per heavy atom. The topological polar surface area (TPSA) is 49.3 Å². The lowest BCUT2D eigenvalue weighted by atomic mass is 9.80. The largest absolute Gasteiger partial charge is 0.376 e. The van der Waals surface area contributed by atoms with Crippen LogP contribution >= 0.6 is 11.6 Å². The molecular formula is C25H20ClNO2S. The zero-order valence-electron chi connectivity index (χ0n) is 16.0. The van der Waals surface area contributed by atoms with Gasteiger partial charge in [-0.2, -0.15) is 0 Å². The highest BCUT2D eigenvalue weighted by molar-refractivity contribution is 7.86. The smallest absolute Gasteiger partial charge is 0.150 e. The van der Waals surface area contributed by atoms with E-state index in [2.05, 4.69) is 4.72 Å². The molecule has 0 saturated carbocycles. The fourth-order valence-electron chi connectivity index (χ4n) is 3.45. The minimum absolute atomic E-state index is 0.454. The number of aliphatic hydroxyl groups is 1. The van der Waals surface area contributed by atoms with Gasteiger partial charge in [0.15, 0.2) is 11.0 Å². The third-order valence-corrected chi connectivity index (χ3v) is 6.31. The molecule has 4 rings (SSSR count). The van der Waals surface area contributed by atoms with Crippen molar-refractivity contribution in [1.29, 1.82) is 0 Å². The third-order valence-electron chi connectivity index (χ3n) is 4.90. The van der Waals surface area contributed by atoms with E-state index in [0.717, 1.165) is 5.69 Å². The average Bonchev–Trinajstić information content (AvgIpc) is 2.80. The Morgan fingerprint density at radius 1 is 0.733 bits per heavy atom. The van der Waals surface area contributed by atoms with Crippen molar-refractivity contribution in [3.8, 4) is 0 Å². The van der Waals surface area contributed by atoms with Gasteiger partial charge in [0.05, 0.1) is 4.90 Å². The van der Waals surface area contributed by atoms with Gasteiger partial charge < -0.3 is 9.83 Å². The second-order valence-electron chi connectivity index (χ2n) is 6.82. The minimum Gasteiger partial charge on any atom is -0.376 e. The van der Waals surface area contributed by atoms with Gasteiger partial charge in [0.1, 0.15) is 5.60 Å². The Labute approximate surface area is 183 Å². The molecule has 0 spiro atoms. The molecule has 0 aliphatic carbocycles. The van der Waals surface area contributed by atoms with Crippen molar-refractivity contribution >= 4 is 28.3 Å². The molecule has 1 unspecified atom stereocenters. The predicted octanol–water partition coefficient (Wildman–Crippen LogP) is 5.76. The van der Waals surface area contributed by atoms with Gasteiger partial charge >= 0.3 is 0 Å². The molecule has 30 heavy (non-hydrogen) atoms. The molecule has 3 nitrogen and oxygen atoms in total. The van der Waals surface area contributed by atoms with Crippen molar-refractivity contribution in [3.63, 3.8) is 0 Å². The Hall–Kier alpha value is -2.92. The molecule has 0 aliphatic rings. The second-order valence-corrected chi connectivity index (χ2v) is 8.44. The van der Waals surface area contributed by atoms with E-state index in [4.69, 9.17) is 11.6 Å². The van der Waals surface area contributed by atoms with Gasteiger partial charge in [0.25, 0.3) is 0 Å². The van der Waals surface area contributed by atoms with E-state index in [1.54, 1.807) is 18.2 Å². The van der Waals surface area contributed by atoms with E-state index in [-0.39, 0.29) is 0 Å². The van der Waals surface area contributed by atoms with Crippen LogP contribution in [0.2, 0.25) is 5.02 Å². The number of rotatable bonds is 6. The summed E-state index contributed by atoms with van der Waals surface area (Å²) in [7, 11) is -1.62. The lowest BCUT2D eigenvalue weighted by Gasteiger charge is -2.32. The van der Waals surface area contributed by atoms with Crippen molar-refractivity contribution in [2.45, 2.75) is 10.5 Å². The fourth-order valence-corrected chi connectivity index (χ4v) is 4.68. The Balaban J connectivity index is 1.90. The van der Waals surface area contributed by atoms with Gasteiger partial charge in [0, 0.05) is 16.3 Å². The SMILES string of the molecule is O=S(Nc1ccccc1)c1ccc(Cl)cc1C(O)(c1ccccc1)c1ccccc1. The van der Waals surface area contributed by atoms with Gasteiger partial charge in [0.2, 0.25) is 0 Å². The van der Waals surface area contributed by atoms with Gasteiger partial charge in [-0.3, -0.25) is 0 Å². The quantitative estimate of drug-likeness (QED) is 0.380. The van der Waals surface area contributed by atoms with Gasteiger partial charge in [-0.05, 0) is 41.5 Å². The molecule has 0 fully saturated rings. The second kappa shape index (κ2) is 8.84. The first-order chi connectivity index (χ1) is 14.6. The molecule has 5 heteroatoms. The molecule has 0 radical (unpaired) electrons. The number of nitrogens with one attached hydrogen (secondary N) is 1. The van der Waals surface area contributed by atoms with Crippen LogP contribution in [0, 0.1) is 0 Å². The number of anilines is 1. The first-order valence-corrected chi connectivity index (χ1v) is 11.0. The number of halogens is 1. The van der Waals surface area contributed by atoms with Gasteiger partial charge in [-0.1, -0.05) is 90.5 Å². The van der Waals surface area contributed by atoms with Gasteiger partial charge in [-0.25, -0.2) is 4.21 Å². The summed E-state index contributed by atoms with van der Waals surface area (Å²) in [5.41, 5.74) is 0.985. The Morgan fingerprint density at radius 3 is 1.77 bits per heavy atom. The number of hydrogen-bond donors (Lipinski definition) is 2. The van der Waals surface area contributed by atoms with Crippen molar-refractivity contribution in [2.75, 3.05) is 4.72 Å². The monoisotopic (exact) mass is 433 g/mol. The number of hydrogen-bond acceptors (Lipinski definition) is 2. The first kappa shape index (κ1) is 20.4. The molecular weight excluding hydrogens is 414 g/mol. The summed E-state index contributed by atoms with van der Waals surface area (Å²) in [6.45, 7) is 0. The summed E-state index contributed by atoms with van der Waals surface area (Å²) in [6, 6.07) is 33.0. The highest BCUT2D eigenvalue weighted by Crippen LogP contribution is 2.40.